The molecule has 2 aliphatic carbocycles. The Hall–Kier alpha value is -2.80. The van der Waals surface area contributed by atoms with E-state index in [1.54, 1.807) is 6.08 Å². The minimum Gasteiger partial charge on any atom is -0.298 e. The summed E-state index contributed by atoms with van der Waals surface area (Å²) in [5.74, 6) is 0. The number of hydrogen-bond donors (Lipinski definition) is 1. The van der Waals surface area contributed by atoms with Gasteiger partial charge in [-0.25, -0.2) is 0 Å². The average molecular weight is 447 g/mol. The maximum absolute atomic E-state index is 11.7. The molecule has 1 aromatic carbocycles. The van der Waals surface area contributed by atoms with E-state index in [1.165, 1.54) is 11.1 Å². The van der Waals surface area contributed by atoms with Gasteiger partial charge in [0.15, 0.2) is 0 Å². The van der Waals surface area contributed by atoms with Crippen molar-refractivity contribution in [2.45, 2.75) is 32.2 Å². The second-order valence-corrected chi connectivity index (χ2v) is 10.0. The maximum Gasteiger partial charge on any atom is 0.290 e. The molecular weight excluding hydrogens is 420 g/mol. The standard InChI is InChI=1S/C26H26N2O3S/c29-32(30,31)23-10-11-24-22(17-23)9-8-21-7-4-14-27-26(21)25(24)20-12-15-28(16-13-20)18-19-5-2-1-3-6-19/h1-7,9-11,14H,8,12-13,15-18H2,(H,29,30,31). The molecule has 2 aromatic rings. The third-order valence-electron chi connectivity index (χ3n) is 6.51. The van der Waals surface area contributed by atoms with E-state index in [9.17, 15) is 13.0 Å². The van der Waals surface area contributed by atoms with Gasteiger partial charge >= 0.3 is 0 Å². The van der Waals surface area contributed by atoms with Crippen LogP contribution in [0.2, 0.25) is 0 Å². The van der Waals surface area contributed by atoms with Crippen molar-refractivity contribution in [2.24, 2.45) is 0 Å². The largest absolute Gasteiger partial charge is 0.298 e. The number of rotatable bonds is 3. The first-order valence-electron chi connectivity index (χ1n) is 11.0. The van der Waals surface area contributed by atoms with Crippen molar-refractivity contribution in [3.63, 3.8) is 0 Å². The van der Waals surface area contributed by atoms with Crippen molar-refractivity contribution in [3.8, 4) is 0 Å². The molecule has 1 N–H and O–H groups in total. The van der Waals surface area contributed by atoms with Crippen LogP contribution in [-0.2, 0) is 23.1 Å². The number of piperidine rings is 1. The predicted molar refractivity (Wildman–Crippen MR) is 126 cm³/mol. The number of allylic oxidation sites excluding steroid dienone is 7. The summed E-state index contributed by atoms with van der Waals surface area (Å²) >= 11 is 0. The molecule has 1 aliphatic heterocycles. The molecule has 1 fully saturated rings. The van der Waals surface area contributed by atoms with Crippen molar-refractivity contribution in [2.75, 3.05) is 13.1 Å². The number of likely N-dealkylation sites (tertiary alicyclic amines) is 1. The van der Waals surface area contributed by atoms with Gasteiger partial charge in [-0.05, 0) is 53.7 Å². The summed E-state index contributed by atoms with van der Waals surface area (Å²) in [4.78, 5) is 7.28. The second kappa shape index (κ2) is 8.62. The maximum atomic E-state index is 11.7. The van der Waals surface area contributed by atoms with E-state index >= 15 is 0 Å². The second-order valence-electron chi connectivity index (χ2n) is 8.55. The van der Waals surface area contributed by atoms with Gasteiger partial charge in [0.2, 0.25) is 0 Å². The van der Waals surface area contributed by atoms with Crippen LogP contribution in [0.15, 0.2) is 88.5 Å². The number of benzene rings is 1. The summed E-state index contributed by atoms with van der Waals surface area (Å²) in [5.41, 5.74) is 7.99. The predicted octanol–water partition coefficient (Wildman–Crippen LogP) is 4.72. The van der Waals surface area contributed by atoms with Crippen LogP contribution >= 0.6 is 0 Å². The van der Waals surface area contributed by atoms with Gasteiger partial charge in [0.25, 0.3) is 10.1 Å². The Balaban J connectivity index is 1.50. The smallest absolute Gasteiger partial charge is 0.290 e. The van der Waals surface area contributed by atoms with Gasteiger partial charge in [-0.15, -0.1) is 0 Å². The number of fused-ring (bicyclic) bond motifs is 2. The Morgan fingerprint density at radius 1 is 1.00 bits per heavy atom. The fourth-order valence-electron chi connectivity index (χ4n) is 4.85. The highest BCUT2D eigenvalue weighted by Gasteiger charge is 2.29. The average Bonchev–Trinajstić information content (AvgIpc) is 2.96. The highest BCUT2D eigenvalue weighted by atomic mass is 32.2. The summed E-state index contributed by atoms with van der Waals surface area (Å²) in [6, 6.07) is 14.6. The molecule has 0 radical (unpaired) electrons. The number of hydrogen-bond acceptors (Lipinski definition) is 4. The molecule has 1 saturated heterocycles. The Morgan fingerprint density at radius 3 is 2.53 bits per heavy atom. The van der Waals surface area contributed by atoms with E-state index in [0.29, 0.717) is 6.42 Å². The highest BCUT2D eigenvalue weighted by molar-refractivity contribution is 7.89. The monoisotopic (exact) mass is 446 g/mol. The summed E-state index contributed by atoms with van der Waals surface area (Å²) in [6.07, 6.45) is 10.1. The number of pyridine rings is 1. The van der Waals surface area contributed by atoms with Gasteiger partial charge in [0.05, 0.1) is 10.6 Å². The molecule has 5 rings (SSSR count). The van der Waals surface area contributed by atoms with Crippen LogP contribution in [0.4, 0.5) is 0 Å². The normalized spacial score (nSPS) is 19.3. The SMILES string of the molecule is O=S(=O)(O)C1=CC=C2C(=CCc3cccnc3C2=C2CCN(Cc3ccccc3)CC2)C1. The number of nitrogens with zero attached hydrogens (tertiary/aromatic N) is 2. The summed E-state index contributed by atoms with van der Waals surface area (Å²) in [7, 11) is -4.20. The third-order valence-corrected chi connectivity index (χ3v) is 7.45. The van der Waals surface area contributed by atoms with Crippen molar-refractivity contribution < 1.29 is 13.0 Å². The zero-order chi connectivity index (χ0) is 22.1. The fraction of sp³-hybridized carbons (Fsp3) is 0.269. The zero-order valence-electron chi connectivity index (χ0n) is 17.9. The molecular formula is C26H26N2O3S. The Bertz CT molecular complexity index is 1260. The summed E-state index contributed by atoms with van der Waals surface area (Å²) in [6.45, 7) is 2.91. The molecule has 0 bridgehead atoms. The minimum absolute atomic E-state index is 0.0495. The van der Waals surface area contributed by atoms with E-state index in [-0.39, 0.29) is 11.3 Å². The van der Waals surface area contributed by atoms with Crippen molar-refractivity contribution in [1.82, 2.24) is 9.88 Å². The minimum atomic E-state index is -4.20. The van der Waals surface area contributed by atoms with E-state index in [0.717, 1.165) is 60.5 Å². The molecule has 164 valence electrons. The van der Waals surface area contributed by atoms with Crippen LogP contribution in [0.25, 0.3) is 5.57 Å². The lowest BCUT2D eigenvalue weighted by molar-refractivity contribution is 0.248. The highest BCUT2D eigenvalue weighted by Crippen LogP contribution is 2.42. The van der Waals surface area contributed by atoms with Gasteiger partial charge in [-0.1, -0.05) is 54.1 Å². The third kappa shape index (κ3) is 4.26. The van der Waals surface area contributed by atoms with E-state index in [1.807, 2.05) is 24.4 Å². The Kier molecular flexibility index (Phi) is 5.67. The topological polar surface area (TPSA) is 70.5 Å². The molecule has 0 amide bonds. The van der Waals surface area contributed by atoms with Crippen LogP contribution in [0, 0.1) is 0 Å². The van der Waals surface area contributed by atoms with E-state index in [2.05, 4.69) is 41.3 Å². The number of aromatic nitrogens is 1. The molecule has 6 heteroatoms. The Labute approximate surface area is 189 Å². The van der Waals surface area contributed by atoms with E-state index in [4.69, 9.17) is 4.98 Å². The van der Waals surface area contributed by atoms with E-state index < -0.39 is 10.1 Å². The van der Waals surface area contributed by atoms with Crippen LogP contribution in [-0.4, -0.2) is 35.9 Å². The molecule has 5 nitrogen and oxygen atoms in total. The molecule has 0 spiro atoms. The van der Waals surface area contributed by atoms with Gasteiger partial charge in [-0.3, -0.25) is 14.4 Å². The summed E-state index contributed by atoms with van der Waals surface area (Å²) in [5, 5.41) is 0. The van der Waals surface area contributed by atoms with Gasteiger partial charge in [0, 0.05) is 37.8 Å². The lowest BCUT2D eigenvalue weighted by Crippen LogP contribution is -2.30. The van der Waals surface area contributed by atoms with Crippen LogP contribution < -0.4 is 0 Å². The molecule has 0 atom stereocenters. The first-order valence-corrected chi connectivity index (χ1v) is 12.4. The van der Waals surface area contributed by atoms with Gasteiger partial charge in [0.1, 0.15) is 0 Å². The van der Waals surface area contributed by atoms with Crippen molar-refractivity contribution in [3.05, 3.63) is 105 Å². The summed E-state index contributed by atoms with van der Waals surface area (Å²) < 4.78 is 33.0. The fourth-order valence-corrected chi connectivity index (χ4v) is 5.43. The van der Waals surface area contributed by atoms with Crippen LogP contribution in [0.3, 0.4) is 0 Å². The van der Waals surface area contributed by atoms with Crippen LogP contribution in [0.1, 0.15) is 36.1 Å². The molecule has 0 unspecified atom stereocenters. The first kappa shape index (κ1) is 21.1. The van der Waals surface area contributed by atoms with Gasteiger partial charge in [-0.2, -0.15) is 8.42 Å². The zero-order valence-corrected chi connectivity index (χ0v) is 18.7. The molecule has 2 heterocycles. The van der Waals surface area contributed by atoms with Crippen LogP contribution in [0.5, 0.6) is 0 Å². The quantitative estimate of drug-likeness (QED) is 0.691. The first-order chi connectivity index (χ1) is 15.5. The lowest BCUT2D eigenvalue weighted by Gasteiger charge is -2.31. The van der Waals surface area contributed by atoms with Crippen molar-refractivity contribution in [1.29, 1.82) is 0 Å². The molecule has 3 aliphatic rings. The lowest BCUT2D eigenvalue weighted by atomic mass is 9.84. The van der Waals surface area contributed by atoms with Crippen molar-refractivity contribution >= 4 is 15.7 Å². The Morgan fingerprint density at radius 2 is 1.78 bits per heavy atom. The molecule has 32 heavy (non-hydrogen) atoms. The molecule has 1 aromatic heterocycles. The van der Waals surface area contributed by atoms with Gasteiger partial charge < -0.3 is 0 Å². The molecule has 0 saturated carbocycles.